The van der Waals surface area contributed by atoms with E-state index < -0.39 is 5.76 Å². The van der Waals surface area contributed by atoms with Gasteiger partial charge in [0.2, 0.25) is 0 Å². The summed E-state index contributed by atoms with van der Waals surface area (Å²) in [5.41, 5.74) is 0.693. The number of amidine groups is 1. The summed E-state index contributed by atoms with van der Waals surface area (Å²) in [5.74, 6) is -1.47. The molecule has 0 saturated heterocycles. The highest BCUT2D eigenvalue weighted by atomic mass is 32.2. The zero-order chi connectivity index (χ0) is 12.3. The normalized spacial score (nSPS) is 19.5. The van der Waals surface area contributed by atoms with Gasteiger partial charge in [0.1, 0.15) is 0 Å². The van der Waals surface area contributed by atoms with E-state index in [4.69, 9.17) is 0 Å². The monoisotopic (exact) mass is 274 g/mol. The van der Waals surface area contributed by atoms with Gasteiger partial charge in [-0.15, -0.1) is 0 Å². The van der Waals surface area contributed by atoms with Crippen molar-refractivity contribution in [2.45, 2.75) is 23.6 Å². The molecule has 0 aromatic heterocycles. The Bertz CT molecular complexity index is 424. The van der Waals surface area contributed by atoms with E-state index in [-0.39, 0.29) is 6.04 Å². The van der Waals surface area contributed by atoms with Crippen molar-refractivity contribution in [3.63, 3.8) is 0 Å². The second-order valence-corrected chi connectivity index (χ2v) is 5.63. The predicted molar refractivity (Wildman–Crippen MR) is 71.3 cm³/mol. The summed E-state index contributed by atoms with van der Waals surface area (Å²) in [4.78, 5) is 4.92. The van der Waals surface area contributed by atoms with Gasteiger partial charge in [0.25, 0.3) is 5.76 Å². The van der Waals surface area contributed by atoms with Crippen molar-refractivity contribution in [3.8, 4) is 0 Å². The third kappa shape index (κ3) is 3.61. The van der Waals surface area contributed by atoms with Crippen molar-refractivity contribution in [2.75, 3.05) is 11.1 Å². The molecule has 1 unspecified atom stereocenters. The molecule has 6 heteroatoms. The van der Waals surface area contributed by atoms with Crippen LogP contribution in [0.3, 0.4) is 0 Å². The number of nitrogens with zero attached hydrogens (tertiary/aromatic N) is 1. The first-order valence-corrected chi connectivity index (χ1v) is 7.03. The first-order valence-electron chi connectivity index (χ1n) is 5.16. The van der Waals surface area contributed by atoms with E-state index in [0.717, 1.165) is 10.9 Å². The quantitative estimate of drug-likeness (QED) is 0.846. The maximum absolute atomic E-state index is 12.4. The first-order chi connectivity index (χ1) is 8.15. The average Bonchev–Trinajstić information content (AvgIpc) is 2.66. The minimum atomic E-state index is -2.41. The SMILES string of the molecule is CC1CSC(Nc2ccccc2SC(F)F)=N1. The minimum Gasteiger partial charge on any atom is -0.334 e. The van der Waals surface area contributed by atoms with Gasteiger partial charge >= 0.3 is 0 Å². The number of rotatable bonds is 3. The summed E-state index contributed by atoms with van der Waals surface area (Å²) in [6.45, 7) is 2.03. The van der Waals surface area contributed by atoms with Gasteiger partial charge in [-0.05, 0) is 19.1 Å². The molecule has 0 fully saturated rings. The topological polar surface area (TPSA) is 24.4 Å². The number of nitrogens with one attached hydrogen (secondary N) is 1. The van der Waals surface area contributed by atoms with Gasteiger partial charge in [0, 0.05) is 10.6 Å². The van der Waals surface area contributed by atoms with Crippen molar-refractivity contribution >= 4 is 34.4 Å². The number of para-hydroxylation sites is 1. The molecule has 1 heterocycles. The lowest BCUT2D eigenvalue weighted by atomic mass is 10.3. The van der Waals surface area contributed by atoms with Crippen molar-refractivity contribution < 1.29 is 8.78 Å². The molecule has 2 rings (SSSR count). The van der Waals surface area contributed by atoms with Crippen LogP contribution in [-0.4, -0.2) is 22.7 Å². The maximum Gasteiger partial charge on any atom is 0.288 e. The lowest BCUT2D eigenvalue weighted by molar-refractivity contribution is 0.252. The fourth-order valence-corrected chi connectivity index (χ4v) is 2.93. The number of aliphatic imine (C=N–C) groups is 1. The highest BCUT2D eigenvalue weighted by Crippen LogP contribution is 2.32. The Hall–Kier alpha value is -0.750. The summed E-state index contributed by atoms with van der Waals surface area (Å²) in [7, 11) is 0. The number of halogens is 2. The molecule has 0 bridgehead atoms. The minimum absolute atomic E-state index is 0.289. The molecule has 0 saturated carbocycles. The zero-order valence-corrected chi connectivity index (χ0v) is 10.8. The molecule has 1 aliphatic rings. The van der Waals surface area contributed by atoms with E-state index in [9.17, 15) is 8.78 Å². The third-order valence-corrected chi connectivity index (χ3v) is 4.06. The summed E-state index contributed by atoms with van der Waals surface area (Å²) in [5, 5.41) is 3.91. The van der Waals surface area contributed by atoms with Crippen LogP contribution >= 0.6 is 23.5 Å². The average molecular weight is 274 g/mol. The number of hydrogen-bond acceptors (Lipinski definition) is 4. The van der Waals surface area contributed by atoms with Crippen LogP contribution in [0.25, 0.3) is 0 Å². The number of anilines is 1. The Balaban J connectivity index is 2.12. The smallest absolute Gasteiger partial charge is 0.288 e. The molecule has 17 heavy (non-hydrogen) atoms. The van der Waals surface area contributed by atoms with Crippen LogP contribution in [-0.2, 0) is 0 Å². The second kappa shape index (κ2) is 5.73. The van der Waals surface area contributed by atoms with Crippen LogP contribution in [0.1, 0.15) is 6.92 Å². The fourth-order valence-electron chi connectivity index (χ4n) is 1.43. The Morgan fingerprint density at radius 1 is 1.47 bits per heavy atom. The molecular weight excluding hydrogens is 262 g/mol. The molecule has 0 spiro atoms. The van der Waals surface area contributed by atoms with E-state index >= 15 is 0 Å². The molecule has 0 amide bonds. The predicted octanol–water partition coefficient (Wildman–Crippen LogP) is 3.90. The molecule has 1 atom stereocenters. The summed E-state index contributed by atoms with van der Waals surface area (Å²) >= 11 is 2.16. The van der Waals surface area contributed by atoms with Gasteiger partial charge in [0.15, 0.2) is 5.17 Å². The lowest BCUT2D eigenvalue weighted by Gasteiger charge is -2.10. The number of thioether (sulfide) groups is 2. The Morgan fingerprint density at radius 2 is 2.24 bits per heavy atom. The third-order valence-electron chi connectivity index (χ3n) is 2.14. The molecular formula is C11H12F2N2S2. The summed E-state index contributed by atoms with van der Waals surface area (Å²) in [6.07, 6.45) is 0. The van der Waals surface area contributed by atoms with Crippen molar-refractivity contribution in [1.29, 1.82) is 0 Å². The Labute approximate surface area is 107 Å². The molecule has 1 N–H and O–H groups in total. The van der Waals surface area contributed by atoms with E-state index in [2.05, 4.69) is 10.3 Å². The zero-order valence-electron chi connectivity index (χ0n) is 9.19. The number of benzene rings is 1. The molecule has 92 valence electrons. The fraction of sp³-hybridized carbons (Fsp3) is 0.364. The first kappa shape index (κ1) is 12.7. The number of hydrogen-bond donors (Lipinski definition) is 1. The maximum atomic E-state index is 12.4. The van der Waals surface area contributed by atoms with E-state index in [0.29, 0.717) is 22.3 Å². The molecule has 0 aliphatic carbocycles. The Morgan fingerprint density at radius 3 is 2.88 bits per heavy atom. The Kier molecular flexibility index (Phi) is 4.28. The molecule has 1 aromatic rings. The summed E-state index contributed by atoms with van der Waals surface area (Å²) < 4.78 is 24.8. The van der Waals surface area contributed by atoms with E-state index in [1.54, 1.807) is 30.0 Å². The van der Waals surface area contributed by atoms with E-state index in [1.807, 2.05) is 13.0 Å². The largest absolute Gasteiger partial charge is 0.334 e. The van der Waals surface area contributed by atoms with Crippen LogP contribution in [0.4, 0.5) is 14.5 Å². The van der Waals surface area contributed by atoms with Crippen LogP contribution in [0.5, 0.6) is 0 Å². The molecule has 2 nitrogen and oxygen atoms in total. The summed E-state index contributed by atoms with van der Waals surface area (Å²) in [6, 6.07) is 7.33. The van der Waals surface area contributed by atoms with Crippen molar-refractivity contribution in [3.05, 3.63) is 24.3 Å². The van der Waals surface area contributed by atoms with Crippen molar-refractivity contribution in [2.24, 2.45) is 4.99 Å². The lowest BCUT2D eigenvalue weighted by Crippen LogP contribution is -2.06. The van der Waals surface area contributed by atoms with Crippen molar-refractivity contribution in [1.82, 2.24) is 0 Å². The molecule has 0 radical (unpaired) electrons. The highest BCUT2D eigenvalue weighted by Gasteiger charge is 2.16. The van der Waals surface area contributed by atoms with Crippen LogP contribution in [0.15, 0.2) is 34.2 Å². The van der Waals surface area contributed by atoms with Crippen LogP contribution in [0, 0.1) is 0 Å². The number of alkyl halides is 2. The van der Waals surface area contributed by atoms with Gasteiger partial charge in [-0.1, -0.05) is 35.7 Å². The standard InChI is InChI=1S/C11H12F2N2S2/c1-7-6-16-11(14-7)15-8-4-2-3-5-9(8)17-10(12)13/h2-5,7,10H,6H2,1H3,(H,14,15). The van der Waals surface area contributed by atoms with E-state index in [1.165, 1.54) is 0 Å². The van der Waals surface area contributed by atoms with Gasteiger partial charge in [-0.2, -0.15) is 8.78 Å². The molecule has 1 aliphatic heterocycles. The van der Waals surface area contributed by atoms with Gasteiger partial charge in [0.05, 0.1) is 11.7 Å². The highest BCUT2D eigenvalue weighted by molar-refractivity contribution is 8.14. The van der Waals surface area contributed by atoms with Gasteiger partial charge in [-0.3, -0.25) is 4.99 Å². The van der Waals surface area contributed by atoms with Crippen LogP contribution in [0.2, 0.25) is 0 Å². The van der Waals surface area contributed by atoms with Crippen LogP contribution < -0.4 is 5.32 Å². The van der Waals surface area contributed by atoms with Gasteiger partial charge < -0.3 is 5.32 Å². The molecule has 1 aromatic carbocycles. The second-order valence-electron chi connectivity index (χ2n) is 3.59. The van der Waals surface area contributed by atoms with Gasteiger partial charge in [-0.25, -0.2) is 0 Å².